The second kappa shape index (κ2) is 7.53. The number of carbonyl (C=O) groups excluding carboxylic acids is 1. The lowest BCUT2D eigenvalue weighted by atomic mass is 9.90. The standard InChI is InChI=1S/C22H24N2O3/c1-23-19-8-7-18(14-21(19)27-22(23)26)20(25)15-24-11-9-17(10-12-24)13-16-5-3-2-4-6-16/h2-8,14,17H,9-13,15H2,1H3. The maximum absolute atomic E-state index is 12.7. The van der Waals surface area contributed by atoms with Crippen LogP contribution in [0.3, 0.4) is 0 Å². The highest BCUT2D eigenvalue weighted by atomic mass is 16.4. The molecular weight excluding hydrogens is 340 g/mol. The number of aromatic nitrogens is 1. The van der Waals surface area contributed by atoms with E-state index in [-0.39, 0.29) is 5.78 Å². The Labute approximate surface area is 158 Å². The predicted molar refractivity (Wildman–Crippen MR) is 105 cm³/mol. The van der Waals surface area contributed by atoms with Crippen molar-refractivity contribution in [2.45, 2.75) is 19.3 Å². The third kappa shape index (κ3) is 3.88. The molecule has 0 saturated carbocycles. The molecule has 0 aliphatic carbocycles. The van der Waals surface area contributed by atoms with Gasteiger partial charge in [-0.2, -0.15) is 0 Å². The molecular formula is C22H24N2O3. The molecule has 4 rings (SSSR count). The fourth-order valence-corrected chi connectivity index (χ4v) is 3.90. The number of ketones is 1. The van der Waals surface area contributed by atoms with Gasteiger partial charge in [-0.25, -0.2) is 4.79 Å². The second-order valence-electron chi connectivity index (χ2n) is 7.44. The Balaban J connectivity index is 1.35. The molecule has 0 amide bonds. The Morgan fingerprint density at radius 2 is 1.85 bits per heavy atom. The number of piperidine rings is 1. The van der Waals surface area contributed by atoms with Gasteiger partial charge in [-0.1, -0.05) is 30.3 Å². The maximum Gasteiger partial charge on any atom is 0.419 e. The third-order valence-corrected chi connectivity index (χ3v) is 5.56. The molecule has 0 N–H and O–H groups in total. The van der Waals surface area contributed by atoms with Crippen molar-refractivity contribution in [3.63, 3.8) is 0 Å². The number of oxazole rings is 1. The van der Waals surface area contributed by atoms with Crippen molar-refractivity contribution in [1.29, 1.82) is 0 Å². The molecule has 27 heavy (non-hydrogen) atoms. The van der Waals surface area contributed by atoms with Crippen molar-refractivity contribution in [3.05, 3.63) is 70.2 Å². The van der Waals surface area contributed by atoms with Crippen LogP contribution in [0.1, 0.15) is 28.8 Å². The first-order valence-corrected chi connectivity index (χ1v) is 9.49. The minimum Gasteiger partial charge on any atom is -0.408 e. The van der Waals surface area contributed by atoms with Crippen molar-refractivity contribution in [3.8, 4) is 0 Å². The van der Waals surface area contributed by atoms with Crippen LogP contribution < -0.4 is 5.76 Å². The summed E-state index contributed by atoms with van der Waals surface area (Å²) in [7, 11) is 1.66. The molecule has 1 aliphatic rings. The lowest BCUT2D eigenvalue weighted by Gasteiger charge is -2.31. The number of aryl methyl sites for hydroxylation is 1. The van der Waals surface area contributed by atoms with E-state index in [4.69, 9.17) is 4.42 Å². The lowest BCUT2D eigenvalue weighted by Crippen LogP contribution is -2.37. The average molecular weight is 364 g/mol. The average Bonchev–Trinajstić information content (AvgIpc) is 2.97. The quantitative estimate of drug-likeness (QED) is 0.652. The molecule has 1 aliphatic heterocycles. The molecule has 2 heterocycles. The highest BCUT2D eigenvalue weighted by Crippen LogP contribution is 2.22. The van der Waals surface area contributed by atoms with Gasteiger partial charge in [-0.3, -0.25) is 14.3 Å². The van der Waals surface area contributed by atoms with Crippen LogP contribution in [0.4, 0.5) is 0 Å². The van der Waals surface area contributed by atoms with Crippen molar-refractivity contribution >= 4 is 16.9 Å². The molecule has 140 valence electrons. The summed E-state index contributed by atoms with van der Waals surface area (Å²) in [6.45, 7) is 2.32. The summed E-state index contributed by atoms with van der Waals surface area (Å²) >= 11 is 0. The van der Waals surface area contributed by atoms with Gasteiger partial charge in [0.15, 0.2) is 11.4 Å². The molecule has 5 nitrogen and oxygen atoms in total. The van der Waals surface area contributed by atoms with Gasteiger partial charge in [0.2, 0.25) is 0 Å². The van der Waals surface area contributed by atoms with Crippen LogP contribution in [0, 0.1) is 5.92 Å². The summed E-state index contributed by atoms with van der Waals surface area (Å²) in [6.07, 6.45) is 3.36. The van der Waals surface area contributed by atoms with Crippen LogP contribution in [0.5, 0.6) is 0 Å². The van der Waals surface area contributed by atoms with Crippen molar-refractivity contribution in [2.24, 2.45) is 13.0 Å². The van der Waals surface area contributed by atoms with Gasteiger partial charge in [0.05, 0.1) is 12.1 Å². The molecule has 0 bridgehead atoms. The smallest absolute Gasteiger partial charge is 0.408 e. The van der Waals surface area contributed by atoms with Crippen molar-refractivity contribution < 1.29 is 9.21 Å². The summed E-state index contributed by atoms with van der Waals surface area (Å²) in [6, 6.07) is 15.9. The van der Waals surface area contributed by atoms with Gasteiger partial charge in [0.25, 0.3) is 0 Å². The summed E-state index contributed by atoms with van der Waals surface area (Å²) in [5.74, 6) is 0.355. The summed E-state index contributed by atoms with van der Waals surface area (Å²) < 4.78 is 6.64. The minimum absolute atomic E-state index is 0.0740. The normalized spacial score (nSPS) is 16.0. The Morgan fingerprint density at radius 3 is 2.59 bits per heavy atom. The zero-order valence-electron chi connectivity index (χ0n) is 15.6. The molecule has 0 spiro atoms. The first kappa shape index (κ1) is 17.7. The zero-order chi connectivity index (χ0) is 18.8. The van der Waals surface area contributed by atoms with Crippen LogP contribution in [0.2, 0.25) is 0 Å². The van der Waals surface area contributed by atoms with E-state index in [1.54, 1.807) is 25.2 Å². The van der Waals surface area contributed by atoms with Gasteiger partial charge in [0, 0.05) is 12.6 Å². The predicted octanol–water partition coefficient (Wildman–Crippen LogP) is 3.27. The van der Waals surface area contributed by atoms with Crippen LogP contribution in [-0.4, -0.2) is 34.9 Å². The molecule has 3 aromatic rings. The fourth-order valence-electron chi connectivity index (χ4n) is 3.90. The molecule has 1 fully saturated rings. The number of rotatable bonds is 5. The van der Waals surface area contributed by atoms with Crippen molar-refractivity contribution in [2.75, 3.05) is 19.6 Å². The van der Waals surface area contributed by atoms with Gasteiger partial charge in [-0.15, -0.1) is 0 Å². The lowest BCUT2D eigenvalue weighted by molar-refractivity contribution is 0.0895. The van der Waals surface area contributed by atoms with E-state index in [1.807, 2.05) is 0 Å². The third-order valence-electron chi connectivity index (χ3n) is 5.56. The van der Waals surface area contributed by atoms with Gasteiger partial charge in [-0.05, 0) is 62.0 Å². The number of carbonyl (C=O) groups is 1. The number of likely N-dealkylation sites (tertiary alicyclic amines) is 1. The summed E-state index contributed by atoms with van der Waals surface area (Å²) in [5.41, 5.74) is 3.17. The topological polar surface area (TPSA) is 55.5 Å². The fraction of sp³-hybridized carbons (Fsp3) is 0.364. The summed E-state index contributed by atoms with van der Waals surface area (Å²) in [4.78, 5) is 26.5. The molecule has 5 heteroatoms. The second-order valence-corrected chi connectivity index (χ2v) is 7.44. The highest BCUT2D eigenvalue weighted by Gasteiger charge is 2.22. The van der Waals surface area contributed by atoms with Gasteiger partial charge >= 0.3 is 5.76 Å². The number of hydrogen-bond acceptors (Lipinski definition) is 4. The molecule has 2 aromatic carbocycles. The number of Topliss-reactive ketones (excluding diaryl/α,β-unsaturated/α-hetero) is 1. The zero-order valence-corrected chi connectivity index (χ0v) is 15.6. The maximum atomic E-state index is 12.7. The SMILES string of the molecule is Cn1c(=O)oc2cc(C(=O)CN3CCC(Cc4ccccc4)CC3)ccc21. The van der Waals surface area contributed by atoms with E-state index in [0.29, 0.717) is 29.1 Å². The van der Waals surface area contributed by atoms with Crippen LogP contribution in [0.15, 0.2) is 57.7 Å². The van der Waals surface area contributed by atoms with Gasteiger partial charge in [0.1, 0.15) is 0 Å². The molecule has 1 saturated heterocycles. The van der Waals surface area contributed by atoms with E-state index in [1.165, 1.54) is 10.1 Å². The molecule has 0 radical (unpaired) electrons. The van der Waals surface area contributed by atoms with Crippen LogP contribution in [0.25, 0.3) is 11.1 Å². The van der Waals surface area contributed by atoms with Crippen LogP contribution in [-0.2, 0) is 13.5 Å². The van der Waals surface area contributed by atoms with E-state index >= 15 is 0 Å². The van der Waals surface area contributed by atoms with Crippen LogP contribution >= 0.6 is 0 Å². The van der Waals surface area contributed by atoms with E-state index in [2.05, 4.69) is 35.2 Å². The molecule has 0 unspecified atom stereocenters. The van der Waals surface area contributed by atoms with E-state index < -0.39 is 5.76 Å². The first-order chi connectivity index (χ1) is 13.1. The first-order valence-electron chi connectivity index (χ1n) is 9.49. The Kier molecular flexibility index (Phi) is 4.94. The minimum atomic E-state index is -0.407. The van der Waals surface area contributed by atoms with Gasteiger partial charge < -0.3 is 4.42 Å². The van der Waals surface area contributed by atoms with Crippen molar-refractivity contribution in [1.82, 2.24) is 9.47 Å². The number of hydrogen-bond donors (Lipinski definition) is 0. The summed E-state index contributed by atoms with van der Waals surface area (Å²) in [5, 5.41) is 0. The number of benzene rings is 2. The number of fused-ring (bicyclic) bond motifs is 1. The van der Waals surface area contributed by atoms with E-state index in [0.717, 1.165) is 32.4 Å². The monoisotopic (exact) mass is 364 g/mol. The Hall–Kier alpha value is -2.66. The Bertz CT molecular complexity index is 995. The molecule has 1 aromatic heterocycles. The Morgan fingerprint density at radius 1 is 1.11 bits per heavy atom. The molecule has 0 atom stereocenters. The number of nitrogens with zero attached hydrogens (tertiary/aromatic N) is 2. The highest BCUT2D eigenvalue weighted by molar-refractivity contribution is 5.99. The van der Waals surface area contributed by atoms with E-state index in [9.17, 15) is 9.59 Å². The largest absolute Gasteiger partial charge is 0.419 e.